The highest BCUT2D eigenvalue weighted by Crippen LogP contribution is 2.67. The molecule has 3 fully saturated rings. The molecule has 0 amide bonds. The Labute approximate surface area is 183 Å². The van der Waals surface area contributed by atoms with Crippen LogP contribution in [0, 0.1) is 40.4 Å². The van der Waals surface area contributed by atoms with Gasteiger partial charge in [0, 0.05) is 6.42 Å². The quantitative estimate of drug-likeness (QED) is 0.502. The van der Waals surface area contributed by atoms with Gasteiger partial charge in [0.25, 0.3) is 0 Å². The summed E-state index contributed by atoms with van der Waals surface area (Å²) in [5.41, 5.74) is 0.265. The van der Waals surface area contributed by atoms with Crippen molar-refractivity contribution in [3.8, 4) is 0 Å². The van der Waals surface area contributed by atoms with Crippen LogP contribution in [0.2, 0.25) is 0 Å². The van der Waals surface area contributed by atoms with E-state index in [4.69, 9.17) is 0 Å². The number of allylic oxidation sites excluding steroid dienone is 1. The Bertz CT molecular complexity index is 681. The van der Waals surface area contributed by atoms with Crippen LogP contribution in [0.1, 0.15) is 98.8 Å². The van der Waals surface area contributed by atoms with Crippen molar-refractivity contribution in [2.45, 2.75) is 110 Å². The van der Waals surface area contributed by atoms with Crippen LogP contribution in [0.3, 0.4) is 0 Å². The summed E-state index contributed by atoms with van der Waals surface area (Å²) in [5.74, 6) is 3.68. The molecule has 2 nitrogen and oxygen atoms in total. The maximum absolute atomic E-state index is 13.5. The normalized spacial score (nSPS) is 47.1. The molecule has 0 aromatic carbocycles. The monoisotopic (exact) mass is 420 g/mol. The van der Waals surface area contributed by atoms with Crippen molar-refractivity contribution in [3.05, 3.63) is 11.6 Å². The van der Waals surface area contributed by atoms with Crippen LogP contribution in [-0.2, 0) is 0 Å². The largest absolute Gasteiger partial charge is 0.390 e. The number of halogens is 1. The Balaban J connectivity index is 1.52. The van der Waals surface area contributed by atoms with Gasteiger partial charge in [0.05, 0.1) is 11.2 Å². The molecule has 8 atom stereocenters. The number of hydrogen-bond acceptors (Lipinski definition) is 2. The molecule has 0 aromatic rings. The minimum Gasteiger partial charge on any atom is -0.390 e. The van der Waals surface area contributed by atoms with Gasteiger partial charge in [-0.15, -0.1) is 0 Å². The molecule has 0 saturated heterocycles. The van der Waals surface area contributed by atoms with E-state index in [1.54, 1.807) is 0 Å². The van der Waals surface area contributed by atoms with Crippen LogP contribution in [0.4, 0.5) is 4.39 Å². The highest BCUT2D eigenvalue weighted by atomic mass is 19.1. The lowest BCUT2D eigenvalue weighted by atomic mass is 9.46. The standard InChI is InChI=1S/C27H45FO2/c1-18(10-12-24(2,3)29)21-8-9-22-20-7-6-19-16-27(30,17-28)15-14-25(19,4)23(20)11-13-26(21,22)5/h6,18,20-23,29-30H,7-17H2,1-5H3. The van der Waals surface area contributed by atoms with E-state index in [0.717, 1.165) is 43.4 Å². The predicted molar refractivity (Wildman–Crippen MR) is 121 cm³/mol. The first-order chi connectivity index (χ1) is 13.9. The molecule has 3 saturated carbocycles. The zero-order valence-corrected chi connectivity index (χ0v) is 20.0. The molecule has 0 aromatic heterocycles. The Hall–Kier alpha value is -0.410. The third-order valence-corrected chi connectivity index (χ3v) is 10.5. The smallest absolute Gasteiger partial charge is 0.118 e. The molecule has 4 rings (SSSR count). The van der Waals surface area contributed by atoms with Gasteiger partial charge in [-0.3, -0.25) is 0 Å². The summed E-state index contributed by atoms with van der Waals surface area (Å²) in [7, 11) is 0. The van der Waals surface area contributed by atoms with Crippen molar-refractivity contribution in [2.24, 2.45) is 40.4 Å². The molecule has 3 heteroatoms. The van der Waals surface area contributed by atoms with Crippen molar-refractivity contribution < 1.29 is 14.6 Å². The first-order valence-electron chi connectivity index (χ1n) is 12.6. The van der Waals surface area contributed by atoms with E-state index in [-0.39, 0.29) is 5.41 Å². The van der Waals surface area contributed by atoms with Gasteiger partial charge in [0.1, 0.15) is 6.67 Å². The van der Waals surface area contributed by atoms with Crippen molar-refractivity contribution in [1.82, 2.24) is 0 Å². The fraction of sp³-hybridized carbons (Fsp3) is 0.926. The van der Waals surface area contributed by atoms with Crippen molar-refractivity contribution in [3.63, 3.8) is 0 Å². The van der Waals surface area contributed by atoms with Gasteiger partial charge in [-0.25, -0.2) is 4.39 Å². The maximum atomic E-state index is 13.5. The molecule has 4 aliphatic carbocycles. The van der Waals surface area contributed by atoms with Gasteiger partial charge >= 0.3 is 0 Å². The van der Waals surface area contributed by atoms with Crippen LogP contribution in [0.15, 0.2) is 11.6 Å². The third-order valence-electron chi connectivity index (χ3n) is 10.5. The topological polar surface area (TPSA) is 40.5 Å². The molecule has 4 aliphatic rings. The van der Waals surface area contributed by atoms with E-state index in [9.17, 15) is 14.6 Å². The number of rotatable bonds is 5. The zero-order valence-electron chi connectivity index (χ0n) is 20.0. The van der Waals surface area contributed by atoms with E-state index < -0.39 is 17.9 Å². The molecule has 30 heavy (non-hydrogen) atoms. The third kappa shape index (κ3) is 3.70. The van der Waals surface area contributed by atoms with Crippen molar-refractivity contribution in [1.29, 1.82) is 0 Å². The molecule has 0 radical (unpaired) electrons. The average molecular weight is 421 g/mol. The fourth-order valence-electron chi connectivity index (χ4n) is 8.58. The summed E-state index contributed by atoms with van der Waals surface area (Å²) < 4.78 is 13.5. The number of aliphatic hydroxyl groups is 2. The Morgan fingerprint density at radius 2 is 1.87 bits per heavy atom. The zero-order chi connectivity index (χ0) is 21.9. The molecule has 172 valence electrons. The summed E-state index contributed by atoms with van der Waals surface area (Å²) in [5, 5.41) is 20.8. The summed E-state index contributed by atoms with van der Waals surface area (Å²) >= 11 is 0. The summed E-state index contributed by atoms with van der Waals surface area (Å²) in [4.78, 5) is 0. The lowest BCUT2D eigenvalue weighted by Gasteiger charge is -2.59. The van der Waals surface area contributed by atoms with Gasteiger partial charge in [-0.05, 0) is 112 Å². The lowest BCUT2D eigenvalue weighted by Crippen LogP contribution is -2.52. The maximum Gasteiger partial charge on any atom is 0.118 e. The molecule has 0 spiro atoms. The van der Waals surface area contributed by atoms with E-state index >= 15 is 0 Å². The molecule has 8 unspecified atom stereocenters. The Morgan fingerprint density at radius 1 is 1.13 bits per heavy atom. The lowest BCUT2D eigenvalue weighted by molar-refractivity contribution is -0.0801. The Morgan fingerprint density at radius 3 is 2.53 bits per heavy atom. The van der Waals surface area contributed by atoms with E-state index in [1.807, 2.05) is 13.8 Å². The molecule has 0 bridgehead atoms. The minimum absolute atomic E-state index is 0.163. The predicted octanol–water partition coefficient (Wildman–Crippen LogP) is 6.45. The van der Waals surface area contributed by atoms with Gasteiger partial charge in [-0.1, -0.05) is 32.4 Å². The number of fused-ring (bicyclic) bond motifs is 5. The van der Waals surface area contributed by atoms with Crippen molar-refractivity contribution in [2.75, 3.05) is 6.67 Å². The van der Waals surface area contributed by atoms with E-state index in [2.05, 4.69) is 26.8 Å². The summed E-state index contributed by atoms with van der Waals surface area (Å²) in [6.07, 6.45) is 12.9. The molecular formula is C27H45FO2. The summed E-state index contributed by atoms with van der Waals surface area (Å²) in [6, 6.07) is 0. The molecule has 2 N–H and O–H groups in total. The SMILES string of the molecule is CC(CCC(C)(C)O)C1CCC2C3CC=C4CC(O)(CF)CCC4(C)C3CCC12C. The van der Waals surface area contributed by atoms with Gasteiger partial charge < -0.3 is 10.2 Å². The molecule has 0 aliphatic heterocycles. The minimum atomic E-state index is -1.12. The molecule has 0 heterocycles. The van der Waals surface area contributed by atoms with E-state index in [0.29, 0.717) is 30.1 Å². The van der Waals surface area contributed by atoms with Crippen LogP contribution in [0.25, 0.3) is 0 Å². The van der Waals surface area contributed by atoms with Crippen LogP contribution >= 0.6 is 0 Å². The second-order valence-electron chi connectivity index (χ2n) is 12.9. The number of hydrogen-bond donors (Lipinski definition) is 2. The van der Waals surface area contributed by atoms with Crippen molar-refractivity contribution >= 4 is 0 Å². The van der Waals surface area contributed by atoms with E-state index in [1.165, 1.54) is 31.3 Å². The van der Waals surface area contributed by atoms with Crippen LogP contribution in [0.5, 0.6) is 0 Å². The first kappa shape index (κ1) is 22.8. The van der Waals surface area contributed by atoms with Crippen LogP contribution in [-0.4, -0.2) is 28.1 Å². The highest BCUT2D eigenvalue weighted by molar-refractivity contribution is 5.27. The number of alkyl halides is 1. The fourth-order valence-corrected chi connectivity index (χ4v) is 8.58. The Kier molecular flexibility index (Phi) is 5.75. The second-order valence-corrected chi connectivity index (χ2v) is 12.9. The summed E-state index contributed by atoms with van der Waals surface area (Å²) in [6.45, 7) is 10.7. The second kappa shape index (κ2) is 7.58. The van der Waals surface area contributed by atoms with Crippen LogP contribution < -0.4 is 0 Å². The highest BCUT2D eigenvalue weighted by Gasteiger charge is 2.59. The molecular weight excluding hydrogens is 375 g/mol. The van der Waals surface area contributed by atoms with Gasteiger partial charge in [0.2, 0.25) is 0 Å². The van der Waals surface area contributed by atoms with Gasteiger partial charge in [0.15, 0.2) is 0 Å². The first-order valence-corrected chi connectivity index (χ1v) is 12.6. The van der Waals surface area contributed by atoms with Gasteiger partial charge in [-0.2, -0.15) is 0 Å². The average Bonchev–Trinajstić information content (AvgIpc) is 3.03.